The minimum absolute atomic E-state index is 0.0795. The Hall–Kier alpha value is -3.37. The maximum absolute atomic E-state index is 13.5. The Morgan fingerprint density at radius 1 is 1.22 bits per heavy atom. The number of benzene rings is 1. The minimum atomic E-state index is -0.647. The fourth-order valence-electron chi connectivity index (χ4n) is 3.24. The van der Waals surface area contributed by atoms with Crippen LogP contribution in [0, 0.1) is 11.2 Å². The Kier molecular flexibility index (Phi) is 6.15. The van der Waals surface area contributed by atoms with E-state index in [2.05, 4.69) is 34.1 Å². The van der Waals surface area contributed by atoms with Crippen LogP contribution in [0.3, 0.4) is 0 Å². The molecule has 3 aromatic rings. The van der Waals surface area contributed by atoms with E-state index >= 15 is 0 Å². The number of anilines is 1. The average Bonchev–Trinajstić information content (AvgIpc) is 3.19. The molecule has 0 atom stereocenters. The van der Waals surface area contributed by atoms with Gasteiger partial charge in [-0.3, -0.25) is 4.79 Å². The largest absolute Gasteiger partial charge is 0.370 e. The molecule has 0 aliphatic carbocycles. The lowest BCUT2D eigenvalue weighted by Gasteiger charge is -2.33. The van der Waals surface area contributed by atoms with Crippen LogP contribution in [-0.2, 0) is 14.3 Å². The van der Waals surface area contributed by atoms with Gasteiger partial charge in [-0.25, -0.2) is 19.3 Å². The summed E-state index contributed by atoms with van der Waals surface area (Å²) in [4.78, 5) is 27.6. The second-order valence-electron chi connectivity index (χ2n) is 8.38. The van der Waals surface area contributed by atoms with Crippen LogP contribution >= 0.6 is 0 Å². The van der Waals surface area contributed by atoms with Crippen molar-refractivity contribution in [1.82, 2.24) is 19.9 Å². The van der Waals surface area contributed by atoms with E-state index < -0.39 is 12.2 Å². The van der Waals surface area contributed by atoms with Crippen LogP contribution in [0.5, 0.6) is 0 Å². The SMILES string of the molecule is CC1(C)COC(c2nc(-c3ccc(F)cc3)c(-c3ccnc(NCCC(N)=O)n3)[nH]2)OC1. The Morgan fingerprint density at radius 2 is 1.94 bits per heavy atom. The molecule has 168 valence electrons. The molecule has 0 spiro atoms. The van der Waals surface area contributed by atoms with Gasteiger partial charge in [0.25, 0.3) is 0 Å². The molecule has 3 heterocycles. The van der Waals surface area contributed by atoms with Crippen molar-refractivity contribution >= 4 is 11.9 Å². The van der Waals surface area contributed by atoms with Gasteiger partial charge in [-0.05, 0) is 30.3 Å². The summed E-state index contributed by atoms with van der Waals surface area (Å²) in [5, 5.41) is 2.98. The predicted molar refractivity (Wildman–Crippen MR) is 116 cm³/mol. The van der Waals surface area contributed by atoms with Crippen molar-refractivity contribution < 1.29 is 18.7 Å². The van der Waals surface area contributed by atoms with Crippen LogP contribution in [0.25, 0.3) is 22.6 Å². The zero-order valence-electron chi connectivity index (χ0n) is 17.9. The normalized spacial score (nSPS) is 16.1. The molecular formula is C22H25FN6O3. The van der Waals surface area contributed by atoms with Crippen molar-refractivity contribution in [3.63, 3.8) is 0 Å². The summed E-state index contributed by atoms with van der Waals surface area (Å²) < 4.78 is 25.2. The number of aromatic nitrogens is 4. The highest BCUT2D eigenvalue weighted by Gasteiger charge is 2.32. The molecule has 2 aromatic heterocycles. The number of carbonyl (C=O) groups excluding carboxylic acids is 1. The van der Waals surface area contributed by atoms with Crippen molar-refractivity contribution in [2.75, 3.05) is 25.1 Å². The van der Waals surface area contributed by atoms with Gasteiger partial charge < -0.3 is 25.5 Å². The Morgan fingerprint density at radius 3 is 2.62 bits per heavy atom. The number of hydrogen-bond acceptors (Lipinski definition) is 7. The second kappa shape index (κ2) is 9.01. The van der Waals surface area contributed by atoms with Crippen molar-refractivity contribution in [2.24, 2.45) is 11.1 Å². The van der Waals surface area contributed by atoms with E-state index in [-0.39, 0.29) is 17.7 Å². The smallest absolute Gasteiger partial charge is 0.223 e. The number of ether oxygens (including phenoxy) is 2. The zero-order chi connectivity index (χ0) is 22.7. The molecule has 9 nitrogen and oxygen atoms in total. The molecule has 1 saturated heterocycles. The number of H-pyrrole nitrogens is 1. The van der Waals surface area contributed by atoms with Crippen LogP contribution in [-0.4, -0.2) is 45.6 Å². The standard InChI is InChI=1S/C22H25FN6O3/c1-22(2)11-31-20(32-12-22)19-28-17(13-3-5-14(23)6-4-13)18(29-19)15-7-9-25-21(27-15)26-10-8-16(24)30/h3-7,9,20H,8,10-12H2,1-2H3,(H2,24,30)(H,28,29)(H,25,26,27). The van der Waals surface area contributed by atoms with Crippen LogP contribution in [0.2, 0.25) is 0 Å². The Labute approximate surface area is 184 Å². The predicted octanol–water partition coefficient (Wildman–Crippen LogP) is 3.03. The van der Waals surface area contributed by atoms with E-state index in [1.54, 1.807) is 24.4 Å². The zero-order valence-corrected chi connectivity index (χ0v) is 17.9. The van der Waals surface area contributed by atoms with E-state index in [1.807, 2.05) is 0 Å². The highest BCUT2D eigenvalue weighted by Crippen LogP contribution is 2.35. The summed E-state index contributed by atoms with van der Waals surface area (Å²) in [7, 11) is 0. The summed E-state index contributed by atoms with van der Waals surface area (Å²) in [6, 6.07) is 7.78. The molecule has 0 unspecified atom stereocenters. The topological polar surface area (TPSA) is 128 Å². The number of primary amides is 1. The van der Waals surface area contributed by atoms with E-state index in [4.69, 9.17) is 20.2 Å². The number of nitrogens with one attached hydrogen (secondary N) is 2. The monoisotopic (exact) mass is 440 g/mol. The molecule has 1 aromatic carbocycles. The third-order valence-electron chi connectivity index (χ3n) is 4.88. The first kappa shape index (κ1) is 21.8. The van der Waals surface area contributed by atoms with Gasteiger partial charge in [-0.2, -0.15) is 0 Å². The number of amides is 1. The van der Waals surface area contributed by atoms with Crippen LogP contribution in [0.1, 0.15) is 32.4 Å². The van der Waals surface area contributed by atoms with Crippen LogP contribution in [0.4, 0.5) is 10.3 Å². The quantitative estimate of drug-likeness (QED) is 0.515. The van der Waals surface area contributed by atoms with E-state index in [9.17, 15) is 9.18 Å². The summed E-state index contributed by atoms with van der Waals surface area (Å²) >= 11 is 0. The second-order valence-corrected chi connectivity index (χ2v) is 8.38. The summed E-state index contributed by atoms with van der Waals surface area (Å²) in [5.41, 5.74) is 7.57. The van der Waals surface area contributed by atoms with Gasteiger partial charge in [0.05, 0.1) is 30.3 Å². The highest BCUT2D eigenvalue weighted by molar-refractivity contribution is 5.77. The first-order valence-electron chi connectivity index (χ1n) is 10.3. The maximum atomic E-state index is 13.5. The molecule has 10 heteroatoms. The van der Waals surface area contributed by atoms with E-state index in [0.717, 1.165) is 0 Å². The fourth-order valence-corrected chi connectivity index (χ4v) is 3.24. The molecule has 1 amide bonds. The van der Waals surface area contributed by atoms with Crippen molar-refractivity contribution in [2.45, 2.75) is 26.6 Å². The molecular weight excluding hydrogens is 415 g/mol. The molecule has 4 rings (SSSR count). The van der Waals surface area contributed by atoms with E-state index in [1.165, 1.54) is 12.1 Å². The number of rotatable bonds is 7. The number of imidazole rings is 1. The third-order valence-corrected chi connectivity index (χ3v) is 4.88. The molecule has 32 heavy (non-hydrogen) atoms. The first-order chi connectivity index (χ1) is 15.3. The minimum Gasteiger partial charge on any atom is -0.370 e. The molecule has 1 fully saturated rings. The molecule has 1 aliphatic heterocycles. The fraction of sp³-hybridized carbons (Fsp3) is 0.364. The number of nitrogens with zero attached hydrogens (tertiary/aromatic N) is 3. The van der Waals surface area contributed by atoms with Gasteiger partial charge in [0.15, 0.2) is 5.82 Å². The van der Waals surface area contributed by atoms with Crippen LogP contribution in [0.15, 0.2) is 36.5 Å². The molecule has 0 radical (unpaired) electrons. The van der Waals surface area contributed by atoms with Gasteiger partial charge in [0.2, 0.25) is 18.1 Å². The molecule has 0 saturated carbocycles. The van der Waals surface area contributed by atoms with Gasteiger partial charge >= 0.3 is 0 Å². The van der Waals surface area contributed by atoms with Gasteiger partial charge in [0, 0.05) is 30.1 Å². The third kappa shape index (κ3) is 5.09. The number of carbonyl (C=O) groups is 1. The maximum Gasteiger partial charge on any atom is 0.223 e. The lowest BCUT2D eigenvalue weighted by atomic mass is 9.96. The number of hydrogen-bond donors (Lipinski definition) is 3. The van der Waals surface area contributed by atoms with Crippen LogP contribution < -0.4 is 11.1 Å². The van der Waals surface area contributed by atoms with Crippen molar-refractivity contribution in [3.05, 3.63) is 48.2 Å². The summed E-state index contributed by atoms with van der Waals surface area (Å²) in [5.74, 6) is 0.0878. The Balaban J connectivity index is 1.68. The number of halogens is 1. The number of aromatic amines is 1. The van der Waals surface area contributed by atoms with Gasteiger partial charge in [0.1, 0.15) is 5.82 Å². The lowest BCUT2D eigenvalue weighted by molar-refractivity contribution is -0.229. The van der Waals surface area contributed by atoms with E-state index in [0.29, 0.717) is 54.2 Å². The summed E-state index contributed by atoms with van der Waals surface area (Å²) in [6.07, 6.45) is 1.11. The average molecular weight is 440 g/mol. The van der Waals surface area contributed by atoms with Gasteiger partial charge in [-0.15, -0.1) is 0 Å². The molecule has 1 aliphatic rings. The van der Waals surface area contributed by atoms with Gasteiger partial charge in [-0.1, -0.05) is 13.8 Å². The lowest BCUT2D eigenvalue weighted by Crippen LogP contribution is -2.34. The van der Waals surface area contributed by atoms with Crippen molar-refractivity contribution in [1.29, 1.82) is 0 Å². The summed E-state index contributed by atoms with van der Waals surface area (Å²) in [6.45, 7) is 5.50. The molecule has 4 N–H and O–H groups in total. The number of nitrogens with two attached hydrogens (primary N) is 1. The van der Waals surface area contributed by atoms with Crippen molar-refractivity contribution in [3.8, 4) is 22.6 Å². The Bertz CT molecular complexity index is 1090. The molecule has 0 bridgehead atoms. The first-order valence-corrected chi connectivity index (χ1v) is 10.3. The highest BCUT2D eigenvalue weighted by atomic mass is 19.1.